The van der Waals surface area contributed by atoms with Crippen molar-refractivity contribution in [3.05, 3.63) is 95.1 Å². The van der Waals surface area contributed by atoms with Crippen molar-refractivity contribution in [1.29, 1.82) is 0 Å². The molecular formula is C23H21FN2. The summed E-state index contributed by atoms with van der Waals surface area (Å²) in [4.78, 5) is 0. The molecule has 26 heavy (non-hydrogen) atoms. The minimum Gasteiger partial charge on any atom is -0.233 e. The summed E-state index contributed by atoms with van der Waals surface area (Å²) >= 11 is 0. The highest BCUT2D eigenvalue weighted by atomic mass is 19.1. The molecule has 1 aromatic heterocycles. The normalized spacial score (nSPS) is 19.4. The van der Waals surface area contributed by atoms with E-state index in [1.165, 1.54) is 28.8 Å². The zero-order valence-electron chi connectivity index (χ0n) is 15.0. The van der Waals surface area contributed by atoms with Crippen molar-refractivity contribution in [2.45, 2.75) is 20.3 Å². The molecule has 3 heteroatoms. The van der Waals surface area contributed by atoms with Gasteiger partial charge in [0.15, 0.2) is 0 Å². The summed E-state index contributed by atoms with van der Waals surface area (Å²) in [6.45, 7) is 4.43. The van der Waals surface area contributed by atoms with Gasteiger partial charge in [-0.15, -0.1) is 0 Å². The number of benzene rings is 2. The second-order valence-corrected chi connectivity index (χ2v) is 7.11. The number of nitrogens with zero attached hydrogens (tertiary/aromatic N) is 2. The number of allylic oxidation sites excluding steroid dienone is 2. The Labute approximate surface area is 153 Å². The monoisotopic (exact) mass is 344 g/mol. The molecule has 0 aliphatic heterocycles. The van der Waals surface area contributed by atoms with E-state index in [0.29, 0.717) is 0 Å². The lowest BCUT2D eigenvalue weighted by atomic mass is 9.73. The van der Waals surface area contributed by atoms with E-state index in [9.17, 15) is 4.39 Å². The van der Waals surface area contributed by atoms with Crippen molar-refractivity contribution in [1.82, 2.24) is 9.78 Å². The largest absolute Gasteiger partial charge is 0.233 e. The molecule has 130 valence electrons. The van der Waals surface area contributed by atoms with Gasteiger partial charge in [-0.2, -0.15) is 5.10 Å². The third kappa shape index (κ3) is 3.01. The smallest absolute Gasteiger partial charge is 0.123 e. The summed E-state index contributed by atoms with van der Waals surface area (Å²) in [6, 6.07) is 16.8. The van der Waals surface area contributed by atoms with E-state index >= 15 is 0 Å². The van der Waals surface area contributed by atoms with Crippen LogP contribution in [0, 0.1) is 11.2 Å². The van der Waals surface area contributed by atoms with Crippen LogP contribution in [0.4, 0.5) is 4.39 Å². The quantitative estimate of drug-likeness (QED) is 0.597. The fraction of sp³-hybridized carbons (Fsp3) is 0.174. The molecule has 0 spiro atoms. The molecule has 0 radical (unpaired) electrons. The summed E-state index contributed by atoms with van der Waals surface area (Å²) in [7, 11) is 0. The second-order valence-electron chi connectivity index (χ2n) is 7.11. The lowest BCUT2D eigenvalue weighted by Crippen LogP contribution is -2.22. The molecule has 0 bridgehead atoms. The molecule has 1 atom stereocenters. The van der Waals surface area contributed by atoms with Crippen molar-refractivity contribution in [3.8, 4) is 5.69 Å². The van der Waals surface area contributed by atoms with Gasteiger partial charge in [-0.25, -0.2) is 9.07 Å². The number of hydrogen-bond donors (Lipinski definition) is 0. The lowest BCUT2D eigenvalue weighted by molar-refractivity contribution is 0.509. The van der Waals surface area contributed by atoms with Crippen LogP contribution >= 0.6 is 0 Å². The van der Waals surface area contributed by atoms with Gasteiger partial charge in [0.25, 0.3) is 0 Å². The first-order chi connectivity index (χ1) is 12.5. The van der Waals surface area contributed by atoms with Gasteiger partial charge in [0, 0.05) is 5.41 Å². The molecule has 0 saturated carbocycles. The molecule has 1 aliphatic rings. The third-order valence-electron chi connectivity index (χ3n) is 5.21. The highest BCUT2D eigenvalue weighted by molar-refractivity contribution is 5.63. The molecule has 0 unspecified atom stereocenters. The summed E-state index contributed by atoms with van der Waals surface area (Å²) in [5.41, 5.74) is 5.62. The number of halogens is 1. The van der Waals surface area contributed by atoms with E-state index in [0.717, 1.165) is 17.8 Å². The molecule has 0 N–H and O–H groups in total. The summed E-state index contributed by atoms with van der Waals surface area (Å²) < 4.78 is 15.1. The summed E-state index contributed by atoms with van der Waals surface area (Å²) in [5, 5.41) is 4.54. The first kappa shape index (κ1) is 16.5. The molecule has 1 heterocycles. The van der Waals surface area contributed by atoms with Gasteiger partial charge in [0.1, 0.15) is 5.82 Å². The highest BCUT2D eigenvalue weighted by Gasteiger charge is 2.30. The van der Waals surface area contributed by atoms with Gasteiger partial charge in [0.2, 0.25) is 0 Å². The molecule has 1 aliphatic carbocycles. The Morgan fingerprint density at radius 2 is 1.81 bits per heavy atom. The Morgan fingerprint density at radius 1 is 1.08 bits per heavy atom. The van der Waals surface area contributed by atoms with E-state index in [1.54, 1.807) is 12.1 Å². The lowest BCUT2D eigenvalue weighted by Gasteiger charge is -2.31. The van der Waals surface area contributed by atoms with E-state index in [2.05, 4.69) is 61.4 Å². The van der Waals surface area contributed by atoms with Gasteiger partial charge in [-0.3, -0.25) is 0 Å². The van der Waals surface area contributed by atoms with E-state index < -0.39 is 0 Å². The molecule has 3 aromatic rings. The first-order valence-electron chi connectivity index (χ1n) is 8.81. The predicted octanol–water partition coefficient (Wildman–Crippen LogP) is 5.69. The van der Waals surface area contributed by atoms with Gasteiger partial charge < -0.3 is 0 Å². The maximum Gasteiger partial charge on any atom is 0.123 e. The van der Waals surface area contributed by atoms with Crippen molar-refractivity contribution in [2.24, 2.45) is 5.41 Å². The Hall–Kier alpha value is -2.94. The van der Waals surface area contributed by atoms with E-state index in [4.69, 9.17) is 0 Å². The average molecular weight is 344 g/mol. The van der Waals surface area contributed by atoms with Gasteiger partial charge in [0.05, 0.1) is 17.6 Å². The fourth-order valence-corrected chi connectivity index (χ4v) is 3.41. The van der Waals surface area contributed by atoms with Gasteiger partial charge in [-0.1, -0.05) is 55.0 Å². The van der Waals surface area contributed by atoms with Crippen LogP contribution in [0.15, 0.2) is 72.4 Å². The molecule has 4 rings (SSSR count). The number of aromatic nitrogens is 2. The molecule has 0 saturated heterocycles. The van der Waals surface area contributed by atoms with Crippen molar-refractivity contribution in [3.63, 3.8) is 0 Å². The van der Waals surface area contributed by atoms with Crippen molar-refractivity contribution >= 4 is 12.2 Å². The highest BCUT2D eigenvalue weighted by Crippen LogP contribution is 2.40. The molecule has 2 aromatic carbocycles. The Morgan fingerprint density at radius 3 is 2.54 bits per heavy atom. The van der Waals surface area contributed by atoms with Crippen LogP contribution in [-0.2, 0) is 6.42 Å². The number of rotatable bonds is 3. The third-order valence-corrected chi connectivity index (χ3v) is 5.21. The molecule has 0 amide bonds. The molecule has 0 fully saturated rings. The van der Waals surface area contributed by atoms with E-state index in [1.807, 2.05) is 16.9 Å². The number of hydrogen-bond acceptors (Lipinski definition) is 1. The zero-order chi connectivity index (χ0) is 18.1. The predicted molar refractivity (Wildman–Crippen MR) is 104 cm³/mol. The van der Waals surface area contributed by atoms with Crippen LogP contribution in [0.3, 0.4) is 0 Å². The average Bonchev–Trinajstić information content (AvgIpc) is 3.04. The minimum absolute atomic E-state index is 0.0422. The van der Waals surface area contributed by atoms with Crippen LogP contribution in [-0.4, -0.2) is 9.78 Å². The molecular weight excluding hydrogens is 323 g/mol. The van der Waals surface area contributed by atoms with Crippen LogP contribution in [0.25, 0.3) is 17.8 Å². The number of fused-ring (bicyclic) bond motifs is 1. The zero-order valence-corrected chi connectivity index (χ0v) is 15.0. The summed E-state index contributed by atoms with van der Waals surface area (Å²) in [5.74, 6) is -0.236. The second kappa shape index (κ2) is 6.41. The standard InChI is InChI=1S/C23H21FN2/c1-17-14-22-19(16-25-26(22)21-10-8-20(24)9-11-21)15-23(17,2)13-12-18-6-4-3-5-7-18/h3-14,16H,15H2,1-2H3/t23-/m0/s1. The summed E-state index contributed by atoms with van der Waals surface area (Å²) in [6.07, 6.45) is 9.50. The Bertz CT molecular complexity index is 981. The maximum atomic E-state index is 13.2. The molecule has 2 nitrogen and oxygen atoms in total. The van der Waals surface area contributed by atoms with Crippen LogP contribution in [0.2, 0.25) is 0 Å². The minimum atomic E-state index is -0.236. The SMILES string of the molecule is CC1=Cc2c(cnn2-c2ccc(F)cc2)C[C@]1(C)C=Cc1ccccc1. The maximum absolute atomic E-state index is 13.2. The van der Waals surface area contributed by atoms with Crippen LogP contribution < -0.4 is 0 Å². The van der Waals surface area contributed by atoms with Gasteiger partial charge in [-0.05, 0) is 54.8 Å². The van der Waals surface area contributed by atoms with Gasteiger partial charge >= 0.3 is 0 Å². The van der Waals surface area contributed by atoms with Crippen molar-refractivity contribution in [2.75, 3.05) is 0 Å². The first-order valence-corrected chi connectivity index (χ1v) is 8.81. The van der Waals surface area contributed by atoms with Crippen LogP contribution in [0.5, 0.6) is 0 Å². The fourth-order valence-electron chi connectivity index (χ4n) is 3.41. The topological polar surface area (TPSA) is 17.8 Å². The van der Waals surface area contributed by atoms with Crippen LogP contribution in [0.1, 0.15) is 30.7 Å². The van der Waals surface area contributed by atoms with Crippen molar-refractivity contribution < 1.29 is 4.39 Å². The van der Waals surface area contributed by atoms with E-state index in [-0.39, 0.29) is 11.2 Å². The Balaban J connectivity index is 1.67. The Kier molecular flexibility index (Phi) is 4.08.